The minimum Gasteiger partial charge on any atom is -0.494 e. The van der Waals surface area contributed by atoms with Crippen LogP contribution in [-0.4, -0.2) is 32.9 Å². The Morgan fingerprint density at radius 2 is 1.96 bits per heavy atom. The Labute approximate surface area is 137 Å². The van der Waals surface area contributed by atoms with Crippen molar-refractivity contribution < 1.29 is 17.6 Å². The van der Waals surface area contributed by atoms with Gasteiger partial charge in [0.15, 0.2) is 0 Å². The van der Waals surface area contributed by atoms with E-state index in [-0.39, 0.29) is 0 Å². The number of hydrogen-bond donors (Lipinski definition) is 0. The lowest BCUT2D eigenvalue weighted by Crippen LogP contribution is -2.29. The van der Waals surface area contributed by atoms with Gasteiger partial charge in [0.1, 0.15) is 11.5 Å². The number of hydrogen-bond acceptors (Lipinski definition) is 4. The summed E-state index contributed by atoms with van der Waals surface area (Å²) in [6.07, 6.45) is 2.13. The number of sulfonamides is 1. The highest BCUT2D eigenvalue weighted by atomic mass is 32.2. The second kappa shape index (κ2) is 7.19. The lowest BCUT2D eigenvalue weighted by molar-refractivity contribution is 0.337. The van der Waals surface area contributed by atoms with Gasteiger partial charge >= 0.3 is 0 Å². The number of nitrogens with zero attached hydrogens (tertiary/aromatic N) is 1. The molecule has 0 aliphatic heterocycles. The number of likely N-dealkylation sites (N-methyl/N-ethyl adjacent to an activating group) is 1. The molecule has 2 aromatic rings. The third-order valence-corrected chi connectivity index (χ3v) is 5.71. The highest BCUT2D eigenvalue weighted by Crippen LogP contribution is 2.27. The summed E-state index contributed by atoms with van der Waals surface area (Å²) < 4.78 is 37.7. The molecule has 1 heterocycles. The van der Waals surface area contributed by atoms with Crippen molar-refractivity contribution in [1.82, 2.24) is 4.31 Å². The normalized spacial score (nSPS) is 11.9. The van der Waals surface area contributed by atoms with E-state index in [4.69, 9.17) is 9.15 Å². The summed E-state index contributed by atoms with van der Waals surface area (Å²) in [4.78, 5) is 0.320. The van der Waals surface area contributed by atoms with E-state index in [0.717, 1.165) is 17.1 Å². The van der Waals surface area contributed by atoms with E-state index in [0.29, 0.717) is 30.0 Å². The zero-order chi connectivity index (χ0) is 17.0. The van der Waals surface area contributed by atoms with Crippen LogP contribution in [0.25, 0.3) is 0 Å². The predicted octanol–water partition coefficient (Wildman–Crippen LogP) is 3.16. The van der Waals surface area contributed by atoms with Gasteiger partial charge in [0.05, 0.1) is 17.8 Å². The lowest BCUT2D eigenvalue weighted by Gasteiger charge is -2.19. The monoisotopic (exact) mass is 337 g/mol. The largest absolute Gasteiger partial charge is 0.494 e. The van der Waals surface area contributed by atoms with Crippen molar-refractivity contribution in [3.63, 3.8) is 0 Å². The summed E-state index contributed by atoms with van der Waals surface area (Å²) in [5.74, 6) is 1.49. The summed E-state index contributed by atoms with van der Waals surface area (Å²) in [5.41, 5.74) is 1.50. The first-order chi connectivity index (χ1) is 10.9. The molecule has 0 N–H and O–H groups in total. The fourth-order valence-corrected chi connectivity index (χ4v) is 3.82. The van der Waals surface area contributed by atoms with Crippen molar-refractivity contribution in [2.75, 3.05) is 20.2 Å². The minimum atomic E-state index is -3.54. The summed E-state index contributed by atoms with van der Waals surface area (Å²) in [7, 11) is -1.95. The summed E-state index contributed by atoms with van der Waals surface area (Å²) in [5, 5.41) is 0. The molecule has 2 rings (SSSR count). The lowest BCUT2D eigenvalue weighted by atomic mass is 10.1. The molecule has 5 nitrogen and oxygen atoms in total. The molecule has 0 fully saturated rings. The van der Waals surface area contributed by atoms with Crippen LogP contribution in [0.2, 0.25) is 0 Å². The SMILES string of the molecule is CCOc1cc(C)c(S(=O)(=O)N(C)CCc2ccco2)cc1C. The first kappa shape index (κ1) is 17.6. The van der Waals surface area contributed by atoms with Gasteiger partial charge in [-0.15, -0.1) is 0 Å². The molecule has 0 saturated heterocycles. The molecule has 0 aliphatic rings. The third-order valence-electron chi connectivity index (χ3n) is 3.71. The van der Waals surface area contributed by atoms with Gasteiger partial charge < -0.3 is 9.15 Å². The maximum atomic E-state index is 12.8. The van der Waals surface area contributed by atoms with E-state index in [1.165, 1.54) is 4.31 Å². The molecule has 1 aromatic carbocycles. The molecule has 0 saturated carbocycles. The van der Waals surface area contributed by atoms with Gasteiger partial charge in [-0.25, -0.2) is 12.7 Å². The maximum absolute atomic E-state index is 12.8. The Balaban J connectivity index is 2.22. The van der Waals surface area contributed by atoms with E-state index < -0.39 is 10.0 Å². The second-order valence-corrected chi connectivity index (χ2v) is 7.49. The van der Waals surface area contributed by atoms with Crippen molar-refractivity contribution in [2.24, 2.45) is 0 Å². The van der Waals surface area contributed by atoms with Crippen LogP contribution in [0.1, 0.15) is 23.8 Å². The van der Waals surface area contributed by atoms with E-state index in [1.54, 1.807) is 38.4 Å². The Hall–Kier alpha value is -1.79. The van der Waals surface area contributed by atoms with Gasteiger partial charge in [0.25, 0.3) is 0 Å². The zero-order valence-corrected chi connectivity index (χ0v) is 14.8. The quantitative estimate of drug-likeness (QED) is 0.779. The first-order valence-electron chi connectivity index (χ1n) is 7.59. The molecule has 0 atom stereocenters. The van der Waals surface area contributed by atoms with Gasteiger partial charge in [0.2, 0.25) is 10.0 Å². The fourth-order valence-electron chi connectivity index (χ4n) is 2.36. The van der Waals surface area contributed by atoms with Crippen molar-refractivity contribution in [3.05, 3.63) is 47.4 Å². The number of aryl methyl sites for hydroxylation is 2. The van der Waals surface area contributed by atoms with Crippen LogP contribution in [0.4, 0.5) is 0 Å². The number of furan rings is 1. The van der Waals surface area contributed by atoms with Gasteiger partial charge in [-0.2, -0.15) is 0 Å². The van der Waals surface area contributed by atoms with E-state index in [9.17, 15) is 8.42 Å². The molecule has 0 spiro atoms. The zero-order valence-electron chi connectivity index (χ0n) is 14.0. The Bertz CT molecular complexity index is 751. The number of ether oxygens (including phenoxy) is 1. The molecule has 0 unspecified atom stereocenters. The topological polar surface area (TPSA) is 59.8 Å². The maximum Gasteiger partial charge on any atom is 0.243 e. The van der Waals surface area contributed by atoms with Crippen molar-refractivity contribution in [2.45, 2.75) is 32.1 Å². The van der Waals surface area contributed by atoms with Gasteiger partial charge in [-0.1, -0.05) is 0 Å². The van der Waals surface area contributed by atoms with Crippen LogP contribution in [0.15, 0.2) is 39.8 Å². The van der Waals surface area contributed by atoms with Crippen LogP contribution in [0, 0.1) is 13.8 Å². The average molecular weight is 337 g/mol. The van der Waals surface area contributed by atoms with E-state index >= 15 is 0 Å². The molecule has 1 aromatic heterocycles. The predicted molar refractivity (Wildman–Crippen MR) is 89.3 cm³/mol. The highest BCUT2D eigenvalue weighted by molar-refractivity contribution is 7.89. The first-order valence-corrected chi connectivity index (χ1v) is 9.03. The van der Waals surface area contributed by atoms with Crippen molar-refractivity contribution in [1.29, 1.82) is 0 Å². The molecule has 23 heavy (non-hydrogen) atoms. The number of rotatable bonds is 7. The van der Waals surface area contributed by atoms with Crippen molar-refractivity contribution >= 4 is 10.0 Å². The summed E-state index contributed by atoms with van der Waals surface area (Å²) in [6, 6.07) is 7.10. The molecule has 0 radical (unpaired) electrons. The van der Waals surface area contributed by atoms with Crippen LogP contribution >= 0.6 is 0 Å². The smallest absolute Gasteiger partial charge is 0.243 e. The summed E-state index contributed by atoms with van der Waals surface area (Å²) in [6.45, 7) is 6.46. The average Bonchev–Trinajstić information content (AvgIpc) is 3.01. The molecule has 126 valence electrons. The van der Waals surface area contributed by atoms with Crippen LogP contribution in [-0.2, 0) is 16.4 Å². The Morgan fingerprint density at radius 1 is 1.22 bits per heavy atom. The van der Waals surface area contributed by atoms with Crippen molar-refractivity contribution in [3.8, 4) is 5.75 Å². The molecule has 0 amide bonds. The highest BCUT2D eigenvalue weighted by Gasteiger charge is 2.24. The van der Waals surface area contributed by atoms with Crippen LogP contribution in [0.5, 0.6) is 5.75 Å². The number of benzene rings is 1. The molecule has 6 heteroatoms. The van der Waals surface area contributed by atoms with E-state index in [2.05, 4.69) is 0 Å². The molecular formula is C17H23NO4S. The Kier molecular flexibility index (Phi) is 5.49. The van der Waals surface area contributed by atoms with E-state index in [1.807, 2.05) is 19.9 Å². The van der Waals surface area contributed by atoms with Crippen LogP contribution < -0.4 is 4.74 Å². The minimum absolute atomic E-state index is 0.320. The third kappa shape index (κ3) is 3.95. The van der Waals surface area contributed by atoms with Crippen LogP contribution in [0.3, 0.4) is 0 Å². The second-order valence-electron chi connectivity index (χ2n) is 5.47. The van der Waals surface area contributed by atoms with Gasteiger partial charge in [-0.3, -0.25) is 0 Å². The fraction of sp³-hybridized carbons (Fsp3) is 0.412. The van der Waals surface area contributed by atoms with Gasteiger partial charge in [-0.05, 0) is 56.2 Å². The summed E-state index contributed by atoms with van der Waals surface area (Å²) >= 11 is 0. The standard InChI is InChI=1S/C17H23NO4S/c1-5-21-16-11-14(3)17(12-13(16)2)23(19,20)18(4)9-8-15-7-6-10-22-15/h6-7,10-12H,5,8-9H2,1-4H3. The van der Waals surface area contributed by atoms with Gasteiger partial charge in [0, 0.05) is 20.0 Å². The molecular weight excluding hydrogens is 314 g/mol. The molecule has 0 bridgehead atoms. The molecule has 0 aliphatic carbocycles. The Morgan fingerprint density at radius 3 is 2.57 bits per heavy atom.